The van der Waals surface area contributed by atoms with Gasteiger partial charge in [0.2, 0.25) is 5.91 Å². The van der Waals surface area contributed by atoms with Gasteiger partial charge in [-0.2, -0.15) is 13.2 Å². The van der Waals surface area contributed by atoms with Crippen molar-refractivity contribution in [2.24, 2.45) is 17.8 Å². The summed E-state index contributed by atoms with van der Waals surface area (Å²) in [6, 6.07) is 0.491. The summed E-state index contributed by atoms with van der Waals surface area (Å²) >= 11 is 0. The number of alkyl halides is 3. The van der Waals surface area contributed by atoms with Crippen molar-refractivity contribution < 1.29 is 18.0 Å². The molecule has 0 aromatic heterocycles. The van der Waals surface area contributed by atoms with E-state index >= 15 is 0 Å². The molecule has 1 heterocycles. The molecule has 1 aliphatic carbocycles. The molecule has 1 aliphatic heterocycles. The van der Waals surface area contributed by atoms with E-state index in [0.29, 0.717) is 37.8 Å². The van der Waals surface area contributed by atoms with Crippen molar-refractivity contribution in [3.63, 3.8) is 0 Å². The van der Waals surface area contributed by atoms with E-state index in [-0.39, 0.29) is 6.42 Å². The Labute approximate surface area is 124 Å². The van der Waals surface area contributed by atoms with E-state index in [1.807, 2.05) is 0 Å². The van der Waals surface area contributed by atoms with Crippen LogP contribution in [0.15, 0.2) is 0 Å². The van der Waals surface area contributed by atoms with Crippen LogP contribution in [0.5, 0.6) is 0 Å². The van der Waals surface area contributed by atoms with E-state index in [9.17, 15) is 18.0 Å². The minimum atomic E-state index is -4.26. The summed E-state index contributed by atoms with van der Waals surface area (Å²) in [5, 5.41) is 6.10. The van der Waals surface area contributed by atoms with Crippen LogP contribution in [0.3, 0.4) is 0 Å². The number of hydrogen-bond acceptors (Lipinski definition) is 2. The van der Waals surface area contributed by atoms with Crippen LogP contribution in [-0.2, 0) is 4.79 Å². The molecule has 2 N–H and O–H groups in total. The SMILES string of the molecule is CC1CCC(CNC(=O)C2CCCCC2C(F)(F)F)CN1. The fourth-order valence-electron chi connectivity index (χ4n) is 3.44. The molecule has 2 aliphatic rings. The average Bonchev–Trinajstić information content (AvgIpc) is 2.45. The monoisotopic (exact) mass is 306 g/mol. The Morgan fingerprint density at radius 3 is 2.52 bits per heavy atom. The number of carbonyl (C=O) groups excluding carboxylic acids is 1. The second kappa shape index (κ2) is 6.99. The maximum atomic E-state index is 13.0. The van der Waals surface area contributed by atoms with Crippen molar-refractivity contribution in [3.8, 4) is 0 Å². The first-order chi connectivity index (χ1) is 9.88. The summed E-state index contributed by atoms with van der Waals surface area (Å²) in [5.74, 6) is -2.43. The normalized spacial score (nSPS) is 34.5. The van der Waals surface area contributed by atoms with Gasteiger partial charge in [0.05, 0.1) is 5.92 Å². The van der Waals surface area contributed by atoms with Gasteiger partial charge in [-0.15, -0.1) is 0 Å². The first kappa shape index (κ1) is 16.6. The molecule has 6 heteroatoms. The van der Waals surface area contributed by atoms with Crippen LogP contribution in [0.4, 0.5) is 13.2 Å². The molecule has 1 saturated carbocycles. The molecule has 0 spiro atoms. The smallest absolute Gasteiger partial charge is 0.356 e. The number of carbonyl (C=O) groups is 1. The molecule has 1 saturated heterocycles. The fourth-order valence-corrected chi connectivity index (χ4v) is 3.44. The summed E-state index contributed by atoms with van der Waals surface area (Å²) < 4.78 is 39.0. The minimum Gasteiger partial charge on any atom is -0.356 e. The molecule has 4 unspecified atom stereocenters. The summed E-state index contributed by atoms with van der Waals surface area (Å²) in [7, 11) is 0. The molecule has 122 valence electrons. The molecule has 0 aromatic rings. The van der Waals surface area contributed by atoms with Crippen LogP contribution in [0, 0.1) is 17.8 Å². The van der Waals surface area contributed by atoms with Crippen LogP contribution in [0.1, 0.15) is 45.4 Å². The molecule has 1 amide bonds. The summed E-state index contributed by atoms with van der Waals surface area (Å²) in [4.78, 5) is 12.1. The van der Waals surface area contributed by atoms with Gasteiger partial charge in [0.1, 0.15) is 0 Å². The molecule has 4 atom stereocenters. The van der Waals surface area contributed by atoms with Gasteiger partial charge in [-0.05, 0) is 45.1 Å². The molecular weight excluding hydrogens is 281 g/mol. The van der Waals surface area contributed by atoms with Gasteiger partial charge in [0.25, 0.3) is 0 Å². The molecule has 3 nitrogen and oxygen atoms in total. The van der Waals surface area contributed by atoms with E-state index in [4.69, 9.17) is 0 Å². The van der Waals surface area contributed by atoms with Gasteiger partial charge in [-0.3, -0.25) is 4.79 Å². The third-order valence-electron chi connectivity index (χ3n) is 4.85. The van der Waals surface area contributed by atoms with Crippen molar-refractivity contribution >= 4 is 5.91 Å². The zero-order valence-corrected chi connectivity index (χ0v) is 12.5. The van der Waals surface area contributed by atoms with Gasteiger partial charge in [-0.1, -0.05) is 12.8 Å². The Morgan fingerprint density at radius 1 is 1.19 bits per heavy atom. The summed E-state index contributed by atoms with van der Waals surface area (Å²) in [6.07, 6.45) is -0.465. The van der Waals surface area contributed by atoms with Crippen molar-refractivity contribution in [1.29, 1.82) is 0 Å². The van der Waals surface area contributed by atoms with Gasteiger partial charge in [0.15, 0.2) is 0 Å². The number of nitrogens with one attached hydrogen (secondary N) is 2. The van der Waals surface area contributed by atoms with Gasteiger partial charge in [0, 0.05) is 18.5 Å². The predicted octanol–water partition coefficient (Wildman–Crippen LogP) is 2.86. The number of halogens is 3. The second-order valence-corrected chi connectivity index (χ2v) is 6.54. The largest absolute Gasteiger partial charge is 0.392 e. The van der Waals surface area contributed by atoms with E-state index in [1.165, 1.54) is 0 Å². The molecule has 0 bridgehead atoms. The fraction of sp³-hybridized carbons (Fsp3) is 0.933. The minimum absolute atomic E-state index is 0.0874. The van der Waals surface area contributed by atoms with Crippen molar-refractivity contribution in [2.45, 2.75) is 57.7 Å². The number of amides is 1. The lowest BCUT2D eigenvalue weighted by Gasteiger charge is -2.33. The van der Waals surface area contributed by atoms with Crippen LogP contribution in [-0.4, -0.2) is 31.2 Å². The zero-order chi connectivity index (χ0) is 15.5. The topological polar surface area (TPSA) is 41.1 Å². The molecule has 0 radical (unpaired) electrons. The Bertz CT molecular complexity index is 351. The van der Waals surface area contributed by atoms with Crippen LogP contribution in [0.2, 0.25) is 0 Å². The molecule has 0 aromatic carbocycles. The Hall–Kier alpha value is -0.780. The number of piperidine rings is 1. The number of hydrogen-bond donors (Lipinski definition) is 2. The maximum Gasteiger partial charge on any atom is 0.392 e. The highest BCUT2D eigenvalue weighted by Gasteiger charge is 2.47. The average molecular weight is 306 g/mol. The molecular formula is C15H25F3N2O. The Balaban J connectivity index is 1.83. The summed E-state index contributed by atoms with van der Waals surface area (Å²) in [6.45, 7) is 3.43. The van der Waals surface area contributed by atoms with Crippen molar-refractivity contribution in [1.82, 2.24) is 10.6 Å². The lowest BCUT2D eigenvalue weighted by Crippen LogP contribution is -2.46. The standard InChI is InChI=1S/C15H25F3N2O/c1-10-6-7-11(8-19-10)9-20-14(21)12-4-2-3-5-13(12)15(16,17)18/h10-13,19H,2-9H2,1H3,(H,20,21). The maximum absolute atomic E-state index is 13.0. The highest BCUT2D eigenvalue weighted by Crippen LogP contribution is 2.41. The highest BCUT2D eigenvalue weighted by atomic mass is 19.4. The first-order valence-corrected chi connectivity index (χ1v) is 7.95. The molecule has 21 heavy (non-hydrogen) atoms. The van der Waals surface area contributed by atoms with E-state index < -0.39 is 23.9 Å². The Morgan fingerprint density at radius 2 is 1.90 bits per heavy atom. The van der Waals surface area contributed by atoms with E-state index in [2.05, 4.69) is 17.6 Å². The van der Waals surface area contributed by atoms with Crippen molar-refractivity contribution in [3.05, 3.63) is 0 Å². The van der Waals surface area contributed by atoms with Gasteiger partial charge >= 0.3 is 6.18 Å². The number of rotatable bonds is 3. The van der Waals surface area contributed by atoms with Crippen molar-refractivity contribution in [2.75, 3.05) is 13.1 Å². The lowest BCUT2D eigenvalue weighted by molar-refractivity contribution is -0.198. The van der Waals surface area contributed by atoms with E-state index in [0.717, 1.165) is 19.4 Å². The quantitative estimate of drug-likeness (QED) is 0.842. The molecule has 2 fully saturated rings. The van der Waals surface area contributed by atoms with E-state index in [1.54, 1.807) is 0 Å². The van der Waals surface area contributed by atoms with Crippen LogP contribution >= 0.6 is 0 Å². The molecule has 2 rings (SSSR count). The van der Waals surface area contributed by atoms with Crippen LogP contribution < -0.4 is 10.6 Å². The lowest BCUT2D eigenvalue weighted by atomic mass is 9.78. The predicted molar refractivity (Wildman–Crippen MR) is 74.7 cm³/mol. The summed E-state index contributed by atoms with van der Waals surface area (Å²) in [5.41, 5.74) is 0. The van der Waals surface area contributed by atoms with Crippen LogP contribution in [0.25, 0.3) is 0 Å². The third kappa shape index (κ3) is 4.59. The Kier molecular flexibility index (Phi) is 5.52. The zero-order valence-electron chi connectivity index (χ0n) is 12.5. The third-order valence-corrected chi connectivity index (χ3v) is 4.85. The van der Waals surface area contributed by atoms with Gasteiger partial charge < -0.3 is 10.6 Å². The second-order valence-electron chi connectivity index (χ2n) is 6.54. The highest BCUT2D eigenvalue weighted by molar-refractivity contribution is 5.79. The van der Waals surface area contributed by atoms with Gasteiger partial charge in [-0.25, -0.2) is 0 Å². The first-order valence-electron chi connectivity index (χ1n) is 7.95.